The summed E-state index contributed by atoms with van der Waals surface area (Å²) in [5.41, 5.74) is 3.53. The summed E-state index contributed by atoms with van der Waals surface area (Å²) in [6.07, 6.45) is 3.76. The molecule has 5 heteroatoms. The number of halogens is 1. The maximum Gasteiger partial charge on any atom is 0.137 e. The molecule has 3 aromatic rings. The molecule has 0 spiro atoms. The standard InChI is InChI=1S/C15H13BrN2O2/c1-20-12-4-2-10(9-19)13(6-12)14-7-17-15-5-3-11(16)8-18(14)15/h2-8,19H,9H2,1H3. The second kappa shape index (κ2) is 5.26. The predicted octanol–water partition coefficient (Wildman–Crippen LogP) is 3.26. The summed E-state index contributed by atoms with van der Waals surface area (Å²) in [5, 5.41) is 9.53. The van der Waals surface area contributed by atoms with Gasteiger partial charge in [-0.3, -0.25) is 4.40 Å². The van der Waals surface area contributed by atoms with Gasteiger partial charge in [0.05, 0.1) is 25.6 Å². The van der Waals surface area contributed by atoms with Gasteiger partial charge in [0.2, 0.25) is 0 Å². The van der Waals surface area contributed by atoms with Crippen molar-refractivity contribution in [3.05, 3.63) is 52.8 Å². The highest BCUT2D eigenvalue weighted by molar-refractivity contribution is 9.10. The first kappa shape index (κ1) is 13.1. The normalized spacial score (nSPS) is 10.9. The van der Waals surface area contributed by atoms with E-state index in [0.29, 0.717) is 0 Å². The van der Waals surface area contributed by atoms with Gasteiger partial charge < -0.3 is 9.84 Å². The maximum atomic E-state index is 9.53. The molecule has 0 aliphatic rings. The van der Waals surface area contributed by atoms with Gasteiger partial charge in [0.25, 0.3) is 0 Å². The van der Waals surface area contributed by atoms with Gasteiger partial charge in [-0.1, -0.05) is 6.07 Å². The Kier molecular flexibility index (Phi) is 3.46. The van der Waals surface area contributed by atoms with Gasteiger partial charge in [-0.05, 0) is 45.8 Å². The van der Waals surface area contributed by atoms with Crippen molar-refractivity contribution in [2.24, 2.45) is 0 Å². The third-order valence-corrected chi connectivity index (χ3v) is 3.70. The Labute approximate surface area is 124 Å². The second-order valence-corrected chi connectivity index (χ2v) is 5.32. The molecule has 102 valence electrons. The number of rotatable bonds is 3. The van der Waals surface area contributed by atoms with E-state index in [-0.39, 0.29) is 6.61 Å². The molecule has 2 heterocycles. The van der Waals surface area contributed by atoms with Crippen LogP contribution in [0.3, 0.4) is 0 Å². The quantitative estimate of drug-likeness (QED) is 0.800. The number of fused-ring (bicyclic) bond motifs is 1. The number of aliphatic hydroxyl groups excluding tert-OH is 1. The van der Waals surface area contributed by atoms with Crippen molar-refractivity contribution >= 4 is 21.6 Å². The third-order valence-electron chi connectivity index (χ3n) is 3.23. The SMILES string of the molecule is COc1ccc(CO)c(-c2cnc3ccc(Br)cn23)c1. The Morgan fingerprint density at radius 3 is 2.90 bits per heavy atom. The van der Waals surface area contributed by atoms with Crippen LogP contribution in [-0.2, 0) is 6.61 Å². The second-order valence-electron chi connectivity index (χ2n) is 4.40. The highest BCUT2D eigenvalue weighted by Crippen LogP contribution is 2.29. The molecule has 3 rings (SSSR count). The van der Waals surface area contributed by atoms with E-state index in [1.165, 1.54) is 0 Å². The van der Waals surface area contributed by atoms with Crippen LogP contribution < -0.4 is 4.74 Å². The average Bonchev–Trinajstić information content (AvgIpc) is 2.89. The molecule has 4 nitrogen and oxygen atoms in total. The molecule has 0 aliphatic heterocycles. The minimum atomic E-state index is -0.0272. The summed E-state index contributed by atoms with van der Waals surface area (Å²) in [4.78, 5) is 4.39. The number of ether oxygens (including phenoxy) is 1. The number of hydrogen-bond donors (Lipinski definition) is 1. The molecular weight excluding hydrogens is 320 g/mol. The Bertz CT molecular complexity index is 768. The van der Waals surface area contributed by atoms with Gasteiger partial charge >= 0.3 is 0 Å². The molecule has 0 aliphatic carbocycles. The van der Waals surface area contributed by atoms with Crippen molar-refractivity contribution in [2.45, 2.75) is 6.61 Å². The highest BCUT2D eigenvalue weighted by atomic mass is 79.9. The molecule has 0 radical (unpaired) electrons. The van der Waals surface area contributed by atoms with Crippen LogP contribution in [0, 0.1) is 0 Å². The van der Waals surface area contributed by atoms with Crippen LogP contribution in [-0.4, -0.2) is 21.6 Å². The maximum absolute atomic E-state index is 9.53. The van der Waals surface area contributed by atoms with Crippen molar-refractivity contribution in [2.75, 3.05) is 7.11 Å². The fourth-order valence-corrected chi connectivity index (χ4v) is 2.55. The third kappa shape index (κ3) is 2.19. The van der Waals surface area contributed by atoms with Crippen LogP contribution in [0.15, 0.2) is 47.2 Å². The molecule has 1 N–H and O–H groups in total. The van der Waals surface area contributed by atoms with Crippen molar-refractivity contribution in [3.63, 3.8) is 0 Å². The number of aliphatic hydroxyl groups is 1. The summed E-state index contributed by atoms with van der Waals surface area (Å²) in [7, 11) is 1.63. The number of methoxy groups -OCH3 is 1. The molecule has 0 saturated carbocycles. The van der Waals surface area contributed by atoms with E-state index in [1.807, 2.05) is 40.9 Å². The summed E-state index contributed by atoms with van der Waals surface area (Å²) in [6, 6.07) is 9.51. The van der Waals surface area contributed by atoms with Crippen LogP contribution in [0.4, 0.5) is 0 Å². The van der Waals surface area contributed by atoms with E-state index in [0.717, 1.165) is 32.7 Å². The lowest BCUT2D eigenvalue weighted by molar-refractivity contribution is 0.282. The monoisotopic (exact) mass is 332 g/mol. The largest absolute Gasteiger partial charge is 0.497 e. The van der Waals surface area contributed by atoms with Gasteiger partial charge in [0.1, 0.15) is 11.4 Å². The lowest BCUT2D eigenvalue weighted by atomic mass is 10.1. The van der Waals surface area contributed by atoms with E-state index in [1.54, 1.807) is 13.3 Å². The van der Waals surface area contributed by atoms with E-state index < -0.39 is 0 Å². The first-order valence-electron chi connectivity index (χ1n) is 6.13. The van der Waals surface area contributed by atoms with Gasteiger partial charge in [0.15, 0.2) is 0 Å². The Morgan fingerprint density at radius 1 is 1.30 bits per heavy atom. The van der Waals surface area contributed by atoms with Crippen molar-refractivity contribution in [1.29, 1.82) is 0 Å². The average molecular weight is 333 g/mol. The van der Waals surface area contributed by atoms with Gasteiger partial charge in [-0.2, -0.15) is 0 Å². The Hall–Kier alpha value is -1.85. The number of pyridine rings is 1. The van der Waals surface area contributed by atoms with Crippen LogP contribution in [0.5, 0.6) is 5.75 Å². The minimum Gasteiger partial charge on any atom is -0.497 e. The molecule has 0 fully saturated rings. The fourth-order valence-electron chi connectivity index (χ4n) is 2.21. The molecule has 2 aromatic heterocycles. The van der Waals surface area contributed by atoms with Gasteiger partial charge in [-0.25, -0.2) is 4.98 Å². The molecular formula is C15H13BrN2O2. The number of imidazole rings is 1. The summed E-state index contributed by atoms with van der Waals surface area (Å²) >= 11 is 3.46. The topological polar surface area (TPSA) is 46.8 Å². The first-order valence-corrected chi connectivity index (χ1v) is 6.93. The van der Waals surface area contributed by atoms with Crippen LogP contribution in [0.25, 0.3) is 16.9 Å². The van der Waals surface area contributed by atoms with Crippen molar-refractivity contribution < 1.29 is 9.84 Å². The lowest BCUT2D eigenvalue weighted by Gasteiger charge is -2.10. The van der Waals surface area contributed by atoms with Crippen LogP contribution in [0.2, 0.25) is 0 Å². The van der Waals surface area contributed by atoms with E-state index in [4.69, 9.17) is 4.74 Å². The zero-order valence-corrected chi connectivity index (χ0v) is 12.5. The molecule has 1 aromatic carbocycles. The van der Waals surface area contributed by atoms with Crippen molar-refractivity contribution in [1.82, 2.24) is 9.38 Å². The fraction of sp³-hybridized carbons (Fsp3) is 0.133. The lowest BCUT2D eigenvalue weighted by Crippen LogP contribution is -1.95. The molecule has 0 unspecified atom stereocenters. The minimum absolute atomic E-state index is 0.0272. The molecule has 0 saturated heterocycles. The number of nitrogens with zero attached hydrogens (tertiary/aromatic N) is 2. The van der Waals surface area contributed by atoms with Crippen LogP contribution >= 0.6 is 15.9 Å². The van der Waals surface area contributed by atoms with E-state index in [9.17, 15) is 5.11 Å². The smallest absolute Gasteiger partial charge is 0.137 e. The summed E-state index contributed by atoms with van der Waals surface area (Å²) in [5.74, 6) is 0.752. The van der Waals surface area contributed by atoms with Crippen LogP contribution in [0.1, 0.15) is 5.56 Å². The molecule has 0 amide bonds. The van der Waals surface area contributed by atoms with E-state index in [2.05, 4.69) is 20.9 Å². The summed E-state index contributed by atoms with van der Waals surface area (Å²) in [6.45, 7) is -0.0272. The zero-order valence-electron chi connectivity index (χ0n) is 10.9. The Morgan fingerprint density at radius 2 is 2.15 bits per heavy atom. The highest BCUT2D eigenvalue weighted by Gasteiger charge is 2.11. The number of hydrogen-bond acceptors (Lipinski definition) is 3. The zero-order chi connectivity index (χ0) is 14.1. The van der Waals surface area contributed by atoms with Crippen molar-refractivity contribution in [3.8, 4) is 17.0 Å². The first-order chi connectivity index (χ1) is 9.72. The Balaban J connectivity index is 2.26. The van der Waals surface area contributed by atoms with E-state index >= 15 is 0 Å². The molecule has 20 heavy (non-hydrogen) atoms. The number of aromatic nitrogens is 2. The van der Waals surface area contributed by atoms with Gasteiger partial charge in [0, 0.05) is 16.2 Å². The molecule has 0 bridgehead atoms. The summed E-state index contributed by atoms with van der Waals surface area (Å²) < 4.78 is 8.22. The number of benzene rings is 1. The van der Waals surface area contributed by atoms with Gasteiger partial charge in [-0.15, -0.1) is 0 Å². The molecule has 0 atom stereocenters. The predicted molar refractivity (Wildman–Crippen MR) is 80.8 cm³/mol.